The van der Waals surface area contributed by atoms with Crippen molar-refractivity contribution in [2.24, 2.45) is 4.99 Å². The zero-order valence-corrected chi connectivity index (χ0v) is 17.1. The summed E-state index contributed by atoms with van der Waals surface area (Å²) in [6.07, 6.45) is 6.18. The third-order valence-corrected chi connectivity index (χ3v) is 6.34. The van der Waals surface area contributed by atoms with E-state index in [1.807, 2.05) is 55.6 Å². The molecular formula is C24H24N2OS. The lowest BCUT2D eigenvalue weighted by Gasteiger charge is -2.14. The van der Waals surface area contributed by atoms with Crippen LogP contribution >= 0.6 is 11.3 Å². The van der Waals surface area contributed by atoms with E-state index in [-0.39, 0.29) is 5.91 Å². The van der Waals surface area contributed by atoms with Gasteiger partial charge in [-0.15, -0.1) is 11.3 Å². The number of thiophene rings is 1. The Hall–Kier alpha value is -2.72. The van der Waals surface area contributed by atoms with Gasteiger partial charge in [0.05, 0.1) is 5.56 Å². The van der Waals surface area contributed by atoms with Crippen LogP contribution in [0.2, 0.25) is 0 Å². The molecule has 1 aromatic heterocycles. The highest BCUT2D eigenvalue weighted by molar-refractivity contribution is 7.16. The maximum atomic E-state index is 13.2. The zero-order chi connectivity index (χ0) is 19.5. The second kappa shape index (κ2) is 8.11. The number of aryl methyl sites for hydroxylation is 3. The quantitative estimate of drug-likeness (QED) is 0.528. The van der Waals surface area contributed by atoms with Gasteiger partial charge in [0, 0.05) is 16.8 Å². The molecule has 0 atom stereocenters. The summed E-state index contributed by atoms with van der Waals surface area (Å²) in [6, 6.07) is 16.1. The van der Waals surface area contributed by atoms with E-state index >= 15 is 0 Å². The number of carbonyl (C=O) groups is 1. The van der Waals surface area contributed by atoms with Gasteiger partial charge in [-0.25, -0.2) is 4.99 Å². The molecule has 4 heteroatoms. The normalized spacial score (nSPS) is 13.5. The van der Waals surface area contributed by atoms with E-state index in [0.29, 0.717) is 0 Å². The Labute approximate surface area is 170 Å². The number of anilines is 1. The SMILES string of the molecule is Cc1ccc(NC(=O)c2c(/N=C\c3ccccc3)sc3c2CCCC3)c(C)c1. The van der Waals surface area contributed by atoms with Gasteiger partial charge in [-0.05, 0) is 62.3 Å². The monoisotopic (exact) mass is 388 g/mol. The van der Waals surface area contributed by atoms with Gasteiger partial charge < -0.3 is 5.32 Å². The molecule has 0 bridgehead atoms. The molecule has 2 aromatic carbocycles. The Kier molecular flexibility index (Phi) is 5.40. The van der Waals surface area contributed by atoms with Crippen LogP contribution in [0, 0.1) is 13.8 Å². The summed E-state index contributed by atoms with van der Waals surface area (Å²) in [5, 5.41) is 3.94. The van der Waals surface area contributed by atoms with Crippen molar-refractivity contribution >= 4 is 34.1 Å². The molecule has 0 spiro atoms. The van der Waals surface area contributed by atoms with Crippen LogP contribution in [0.1, 0.15) is 50.3 Å². The maximum Gasteiger partial charge on any atom is 0.259 e. The number of nitrogens with one attached hydrogen (secondary N) is 1. The summed E-state index contributed by atoms with van der Waals surface area (Å²) < 4.78 is 0. The lowest BCUT2D eigenvalue weighted by molar-refractivity contribution is 0.102. The average molecular weight is 389 g/mol. The number of amides is 1. The molecular weight excluding hydrogens is 364 g/mol. The molecule has 0 fully saturated rings. The van der Waals surface area contributed by atoms with E-state index in [1.165, 1.54) is 22.4 Å². The summed E-state index contributed by atoms with van der Waals surface area (Å²) >= 11 is 1.67. The van der Waals surface area contributed by atoms with E-state index in [9.17, 15) is 4.79 Å². The van der Waals surface area contributed by atoms with Gasteiger partial charge in [-0.2, -0.15) is 0 Å². The molecule has 0 saturated carbocycles. The Morgan fingerprint density at radius 2 is 1.86 bits per heavy atom. The zero-order valence-electron chi connectivity index (χ0n) is 16.3. The van der Waals surface area contributed by atoms with Crippen LogP contribution in [0.5, 0.6) is 0 Å². The number of fused-ring (bicyclic) bond motifs is 1. The number of aliphatic imine (C=N–C) groups is 1. The molecule has 28 heavy (non-hydrogen) atoms. The van der Waals surface area contributed by atoms with E-state index in [1.54, 1.807) is 11.3 Å². The van der Waals surface area contributed by atoms with Crippen LogP contribution in [-0.4, -0.2) is 12.1 Å². The minimum absolute atomic E-state index is 0.0495. The van der Waals surface area contributed by atoms with Crippen molar-refractivity contribution in [1.82, 2.24) is 0 Å². The van der Waals surface area contributed by atoms with Crippen LogP contribution in [-0.2, 0) is 12.8 Å². The smallest absolute Gasteiger partial charge is 0.259 e. The second-order valence-electron chi connectivity index (χ2n) is 7.33. The van der Waals surface area contributed by atoms with Crippen molar-refractivity contribution in [2.75, 3.05) is 5.32 Å². The first-order chi connectivity index (χ1) is 13.6. The third kappa shape index (κ3) is 3.92. The average Bonchev–Trinajstić information content (AvgIpc) is 3.08. The summed E-state index contributed by atoms with van der Waals surface area (Å²) in [4.78, 5) is 19.3. The molecule has 0 unspecified atom stereocenters. The third-order valence-electron chi connectivity index (χ3n) is 5.14. The minimum atomic E-state index is -0.0495. The van der Waals surface area contributed by atoms with Crippen LogP contribution in [0.4, 0.5) is 10.7 Å². The fourth-order valence-electron chi connectivity index (χ4n) is 3.69. The Morgan fingerprint density at radius 3 is 2.64 bits per heavy atom. The molecule has 1 amide bonds. The van der Waals surface area contributed by atoms with E-state index in [4.69, 9.17) is 4.99 Å². The lowest BCUT2D eigenvalue weighted by Crippen LogP contribution is -2.15. The van der Waals surface area contributed by atoms with Crippen LogP contribution in [0.15, 0.2) is 53.5 Å². The van der Waals surface area contributed by atoms with E-state index in [0.717, 1.165) is 46.6 Å². The number of rotatable bonds is 4. The van der Waals surface area contributed by atoms with Crippen molar-refractivity contribution in [2.45, 2.75) is 39.5 Å². The summed E-state index contributed by atoms with van der Waals surface area (Å²) in [7, 11) is 0. The number of benzene rings is 2. The lowest BCUT2D eigenvalue weighted by atomic mass is 9.95. The van der Waals surface area contributed by atoms with E-state index < -0.39 is 0 Å². The van der Waals surface area contributed by atoms with Gasteiger partial charge in [-0.3, -0.25) is 4.79 Å². The summed E-state index contributed by atoms with van der Waals surface area (Å²) in [6.45, 7) is 4.09. The molecule has 1 aliphatic rings. The Morgan fingerprint density at radius 1 is 1.07 bits per heavy atom. The maximum absolute atomic E-state index is 13.2. The number of carbonyl (C=O) groups excluding carboxylic acids is 1. The fourth-order valence-corrected chi connectivity index (χ4v) is 4.92. The fraction of sp³-hybridized carbons (Fsp3) is 0.250. The molecule has 142 valence electrons. The van der Waals surface area contributed by atoms with Gasteiger partial charge >= 0.3 is 0 Å². The van der Waals surface area contributed by atoms with E-state index in [2.05, 4.69) is 18.3 Å². The second-order valence-corrected chi connectivity index (χ2v) is 8.42. The van der Waals surface area contributed by atoms with Gasteiger partial charge in [0.1, 0.15) is 5.00 Å². The van der Waals surface area contributed by atoms with Crippen LogP contribution in [0.3, 0.4) is 0 Å². The molecule has 0 aliphatic heterocycles. The number of hydrogen-bond donors (Lipinski definition) is 1. The van der Waals surface area contributed by atoms with Gasteiger partial charge in [0.25, 0.3) is 5.91 Å². The van der Waals surface area contributed by atoms with Gasteiger partial charge in [0.15, 0.2) is 0 Å². The van der Waals surface area contributed by atoms with Crippen molar-refractivity contribution in [3.8, 4) is 0 Å². The molecule has 3 nitrogen and oxygen atoms in total. The van der Waals surface area contributed by atoms with Crippen molar-refractivity contribution in [1.29, 1.82) is 0 Å². The standard InChI is InChI=1S/C24H24N2OS/c1-16-12-13-20(17(2)14-16)26-23(27)22-19-10-6-7-11-21(19)28-24(22)25-15-18-8-4-3-5-9-18/h3-5,8-9,12-15H,6-7,10-11H2,1-2H3,(H,26,27)/b25-15-. The topological polar surface area (TPSA) is 41.5 Å². The predicted octanol–water partition coefficient (Wildman–Crippen LogP) is 6.25. The van der Waals surface area contributed by atoms with Crippen LogP contribution in [0.25, 0.3) is 0 Å². The summed E-state index contributed by atoms with van der Waals surface area (Å²) in [5.74, 6) is -0.0495. The van der Waals surface area contributed by atoms with Crippen molar-refractivity contribution in [3.05, 3.63) is 81.2 Å². The predicted molar refractivity (Wildman–Crippen MR) is 119 cm³/mol. The molecule has 0 saturated heterocycles. The molecule has 1 aliphatic carbocycles. The highest BCUT2D eigenvalue weighted by atomic mass is 32.1. The first-order valence-corrected chi connectivity index (χ1v) is 10.6. The van der Waals surface area contributed by atoms with Crippen molar-refractivity contribution in [3.63, 3.8) is 0 Å². The number of nitrogens with zero attached hydrogens (tertiary/aromatic N) is 1. The molecule has 3 aromatic rings. The van der Waals surface area contributed by atoms with Crippen LogP contribution < -0.4 is 5.32 Å². The summed E-state index contributed by atoms with van der Waals surface area (Å²) in [5.41, 5.74) is 6.12. The van der Waals surface area contributed by atoms with Crippen molar-refractivity contribution < 1.29 is 4.79 Å². The first kappa shape index (κ1) is 18.6. The Bertz CT molecular complexity index is 1030. The highest BCUT2D eigenvalue weighted by Crippen LogP contribution is 2.40. The molecule has 1 heterocycles. The minimum Gasteiger partial charge on any atom is -0.322 e. The first-order valence-electron chi connectivity index (χ1n) is 9.74. The number of hydrogen-bond acceptors (Lipinski definition) is 3. The van der Waals surface area contributed by atoms with Gasteiger partial charge in [0.2, 0.25) is 0 Å². The molecule has 1 N–H and O–H groups in total. The van der Waals surface area contributed by atoms with Gasteiger partial charge in [-0.1, -0.05) is 48.0 Å². The molecule has 4 rings (SSSR count). The molecule has 0 radical (unpaired) electrons. The largest absolute Gasteiger partial charge is 0.322 e. The highest BCUT2D eigenvalue weighted by Gasteiger charge is 2.25. The Balaban J connectivity index is 1.69.